The zero-order valence-electron chi connectivity index (χ0n) is 5.28. The predicted molar refractivity (Wildman–Crippen MR) is 34.5 cm³/mol. The Labute approximate surface area is 57.4 Å². The monoisotopic (exact) mass is 141 g/mol. The van der Waals surface area contributed by atoms with E-state index >= 15 is 0 Å². The molecule has 1 aliphatic carbocycles. The van der Waals surface area contributed by atoms with Crippen LogP contribution in [0.15, 0.2) is 17.1 Å². The van der Waals surface area contributed by atoms with Crippen molar-refractivity contribution in [2.45, 2.75) is 12.8 Å². The van der Waals surface area contributed by atoms with Crippen LogP contribution in [-0.2, 0) is 0 Å². The van der Waals surface area contributed by atoms with Crippen molar-refractivity contribution >= 4 is 6.03 Å². The number of hydrogen-bond acceptors (Lipinski definition) is 3. The molecule has 1 fully saturated rings. The Balaban J connectivity index is 2.56. The summed E-state index contributed by atoms with van der Waals surface area (Å²) in [5, 5.41) is 3.00. The summed E-state index contributed by atoms with van der Waals surface area (Å²) in [4.78, 5) is 20.1. The van der Waals surface area contributed by atoms with Crippen molar-refractivity contribution in [3.63, 3.8) is 0 Å². The Hall–Kier alpha value is -1.39. The van der Waals surface area contributed by atoms with Gasteiger partial charge in [0, 0.05) is 6.20 Å². The summed E-state index contributed by atoms with van der Waals surface area (Å²) in [6, 6.07) is -0.839. The fourth-order valence-corrected chi connectivity index (χ4v) is 0.502. The first-order valence-corrected chi connectivity index (χ1v) is 2.85. The third-order valence-corrected chi connectivity index (χ3v) is 1.16. The highest BCUT2D eigenvalue weighted by atomic mass is 16.3. The van der Waals surface area contributed by atoms with Crippen LogP contribution in [0.4, 0.5) is 4.79 Å². The number of nitroso groups, excluding NO2 is 1. The maximum atomic E-state index is 10.3. The molecule has 5 heteroatoms. The lowest BCUT2D eigenvalue weighted by atomic mass is 10.6. The zero-order chi connectivity index (χ0) is 7.56. The van der Waals surface area contributed by atoms with Crippen LogP contribution in [-0.4, -0.2) is 11.0 Å². The van der Waals surface area contributed by atoms with Crippen molar-refractivity contribution < 1.29 is 4.79 Å². The van der Waals surface area contributed by atoms with Gasteiger partial charge in [-0.25, -0.2) is 4.79 Å². The number of allylic oxidation sites excluding steroid dienone is 1. The lowest BCUT2D eigenvalue weighted by Gasteiger charge is -2.00. The lowest BCUT2D eigenvalue weighted by molar-refractivity contribution is 0.225. The third kappa shape index (κ3) is 1.54. The highest BCUT2D eigenvalue weighted by Gasteiger charge is 2.15. The summed E-state index contributed by atoms with van der Waals surface area (Å²) in [5.41, 5.74) is 5.80. The summed E-state index contributed by atoms with van der Waals surface area (Å²) in [5.74, 6) is 0. The van der Waals surface area contributed by atoms with E-state index in [1.807, 2.05) is 0 Å². The molecular formula is C5H7N3O2. The molecule has 2 amide bonds. The summed E-state index contributed by atoms with van der Waals surface area (Å²) in [7, 11) is 0. The summed E-state index contributed by atoms with van der Waals surface area (Å²) in [6.07, 6.45) is 3.23. The molecule has 0 unspecified atom stereocenters. The molecule has 1 rings (SSSR count). The maximum absolute atomic E-state index is 10.3. The van der Waals surface area contributed by atoms with Gasteiger partial charge in [-0.2, -0.15) is 5.01 Å². The first-order chi connectivity index (χ1) is 4.74. The second-order valence-corrected chi connectivity index (χ2v) is 2.05. The minimum atomic E-state index is -0.839. The number of rotatable bonds is 2. The van der Waals surface area contributed by atoms with Crippen LogP contribution in [0.5, 0.6) is 0 Å². The molecule has 0 heterocycles. The molecule has 1 saturated carbocycles. The molecule has 0 saturated heterocycles. The molecular weight excluding hydrogens is 134 g/mol. The molecule has 0 aromatic carbocycles. The highest BCUT2D eigenvalue weighted by Crippen LogP contribution is 2.27. The molecule has 1 aliphatic rings. The third-order valence-electron chi connectivity index (χ3n) is 1.16. The molecule has 2 N–H and O–H groups in total. The molecule has 0 spiro atoms. The van der Waals surface area contributed by atoms with Crippen molar-refractivity contribution in [2.24, 2.45) is 11.0 Å². The van der Waals surface area contributed by atoms with Crippen molar-refractivity contribution in [1.29, 1.82) is 0 Å². The Morgan fingerprint density at radius 2 is 2.30 bits per heavy atom. The molecule has 54 valence electrons. The van der Waals surface area contributed by atoms with E-state index in [9.17, 15) is 9.70 Å². The van der Waals surface area contributed by atoms with Crippen molar-refractivity contribution in [1.82, 2.24) is 5.01 Å². The van der Waals surface area contributed by atoms with Gasteiger partial charge in [0.2, 0.25) is 0 Å². The van der Waals surface area contributed by atoms with E-state index in [0.717, 1.165) is 18.4 Å². The van der Waals surface area contributed by atoms with E-state index < -0.39 is 6.03 Å². The van der Waals surface area contributed by atoms with Crippen LogP contribution >= 0.6 is 0 Å². The minimum absolute atomic E-state index is 0.600. The summed E-state index contributed by atoms with van der Waals surface area (Å²) < 4.78 is 0. The summed E-state index contributed by atoms with van der Waals surface area (Å²) >= 11 is 0. The molecule has 0 aliphatic heterocycles. The zero-order valence-corrected chi connectivity index (χ0v) is 5.28. The van der Waals surface area contributed by atoms with Gasteiger partial charge in [0.05, 0.1) is 5.29 Å². The van der Waals surface area contributed by atoms with Gasteiger partial charge in [0.1, 0.15) is 0 Å². The number of hydrogen-bond donors (Lipinski definition) is 1. The van der Waals surface area contributed by atoms with E-state index in [-0.39, 0.29) is 0 Å². The van der Waals surface area contributed by atoms with Gasteiger partial charge in [0.15, 0.2) is 0 Å². The van der Waals surface area contributed by atoms with Crippen LogP contribution in [0.25, 0.3) is 0 Å². The molecule has 0 radical (unpaired) electrons. The van der Waals surface area contributed by atoms with E-state index in [1.54, 1.807) is 0 Å². The molecule has 10 heavy (non-hydrogen) atoms. The number of carbonyl (C=O) groups excluding carboxylic acids is 1. The van der Waals surface area contributed by atoms with Gasteiger partial charge < -0.3 is 5.73 Å². The predicted octanol–water partition coefficient (Wildman–Crippen LogP) is 0.726. The smallest absolute Gasteiger partial charge is 0.342 e. The van der Waals surface area contributed by atoms with Crippen molar-refractivity contribution in [3.05, 3.63) is 16.7 Å². The van der Waals surface area contributed by atoms with Crippen LogP contribution < -0.4 is 5.73 Å². The second kappa shape index (κ2) is 2.47. The molecule has 0 atom stereocenters. The van der Waals surface area contributed by atoms with E-state index in [1.165, 1.54) is 6.20 Å². The number of nitrogens with two attached hydrogens (primary N) is 1. The van der Waals surface area contributed by atoms with Crippen LogP contribution in [0, 0.1) is 4.91 Å². The average Bonchev–Trinajstić information content (AvgIpc) is 2.64. The first kappa shape index (κ1) is 6.73. The summed E-state index contributed by atoms with van der Waals surface area (Å²) in [6.45, 7) is 0. The van der Waals surface area contributed by atoms with Crippen LogP contribution in [0.3, 0.4) is 0 Å². The van der Waals surface area contributed by atoms with Crippen LogP contribution in [0.1, 0.15) is 12.8 Å². The van der Waals surface area contributed by atoms with E-state index in [4.69, 9.17) is 5.73 Å². The maximum Gasteiger partial charge on any atom is 0.342 e. The number of carbonyl (C=O) groups is 1. The fraction of sp³-hybridized carbons (Fsp3) is 0.400. The quantitative estimate of drug-likeness (QED) is 0.454. The number of amides is 2. The van der Waals surface area contributed by atoms with Gasteiger partial charge in [-0.05, 0) is 12.8 Å². The van der Waals surface area contributed by atoms with Gasteiger partial charge >= 0.3 is 6.03 Å². The molecule has 0 aromatic heterocycles. The van der Waals surface area contributed by atoms with Gasteiger partial charge in [-0.1, -0.05) is 5.57 Å². The van der Waals surface area contributed by atoms with Crippen molar-refractivity contribution in [3.8, 4) is 0 Å². The molecule has 5 nitrogen and oxygen atoms in total. The first-order valence-electron chi connectivity index (χ1n) is 2.85. The van der Waals surface area contributed by atoms with Gasteiger partial charge in [-0.15, -0.1) is 4.91 Å². The Morgan fingerprint density at radius 1 is 1.70 bits per heavy atom. The average molecular weight is 141 g/mol. The van der Waals surface area contributed by atoms with Gasteiger partial charge in [0.25, 0.3) is 0 Å². The number of nitrogens with zero attached hydrogens (tertiary/aromatic N) is 2. The van der Waals surface area contributed by atoms with E-state index in [2.05, 4.69) is 5.29 Å². The van der Waals surface area contributed by atoms with Crippen LogP contribution in [0.2, 0.25) is 0 Å². The SMILES string of the molecule is NC(=O)N(C=C1CC1)N=O. The number of primary amides is 1. The highest BCUT2D eigenvalue weighted by molar-refractivity contribution is 5.72. The molecule has 0 aromatic rings. The Morgan fingerprint density at radius 3 is 2.60 bits per heavy atom. The largest absolute Gasteiger partial charge is 0.350 e. The van der Waals surface area contributed by atoms with E-state index in [0.29, 0.717) is 5.01 Å². The Bertz CT molecular complexity index is 193. The topological polar surface area (TPSA) is 75.8 Å². The second-order valence-electron chi connectivity index (χ2n) is 2.05. The van der Waals surface area contributed by atoms with Gasteiger partial charge in [-0.3, -0.25) is 0 Å². The minimum Gasteiger partial charge on any atom is -0.350 e. The Kier molecular flexibility index (Phi) is 1.66. The molecule has 0 bridgehead atoms. The van der Waals surface area contributed by atoms with Crippen molar-refractivity contribution in [2.75, 3.05) is 0 Å². The normalized spacial score (nSPS) is 14.2. The fourth-order valence-electron chi connectivity index (χ4n) is 0.502. The standard InChI is InChI=1S/C5H7N3O2/c6-5(9)8(7-10)3-4-1-2-4/h3H,1-2H2,(H2,6,9). The number of urea groups is 1. The lowest BCUT2D eigenvalue weighted by Crippen LogP contribution is -2.25.